The molecule has 98 valence electrons. The third kappa shape index (κ3) is 3.09. The number of pyridine rings is 2. The zero-order chi connectivity index (χ0) is 14.0. The summed E-state index contributed by atoms with van der Waals surface area (Å²) >= 11 is 5.84. The molecule has 0 fully saturated rings. The van der Waals surface area contributed by atoms with Crippen LogP contribution in [0.5, 0.6) is 0 Å². The minimum absolute atomic E-state index is 0.284. The van der Waals surface area contributed by atoms with Gasteiger partial charge in [-0.05, 0) is 44.5 Å². The number of hydrogen-bond donors (Lipinski definition) is 1. The lowest BCUT2D eigenvalue weighted by Crippen LogP contribution is -2.16. The highest BCUT2D eigenvalue weighted by Crippen LogP contribution is 2.20. The van der Waals surface area contributed by atoms with Gasteiger partial charge < -0.3 is 5.32 Å². The van der Waals surface area contributed by atoms with Crippen molar-refractivity contribution in [2.24, 2.45) is 0 Å². The van der Waals surface area contributed by atoms with E-state index in [2.05, 4.69) is 15.3 Å². The van der Waals surface area contributed by atoms with Gasteiger partial charge in [0, 0.05) is 16.9 Å². The van der Waals surface area contributed by atoms with Gasteiger partial charge in [0.25, 0.3) is 5.91 Å². The van der Waals surface area contributed by atoms with E-state index in [4.69, 9.17) is 11.6 Å². The number of rotatable bonds is 2. The minimum Gasteiger partial charge on any atom is -0.319 e. The van der Waals surface area contributed by atoms with Gasteiger partial charge in [0.1, 0.15) is 5.69 Å². The number of nitrogens with one attached hydrogen (secondary N) is 1. The lowest BCUT2D eigenvalue weighted by Gasteiger charge is -2.11. The van der Waals surface area contributed by atoms with Crippen LogP contribution in [0.15, 0.2) is 24.4 Å². The van der Waals surface area contributed by atoms with Crippen LogP contribution in [0.4, 0.5) is 5.69 Å². The molecule has 0 saturated carbocycles. The van der Waals surface area contributed by atoms with Crippen LogP contribution in [0.2, 0.25) is 5.02 Å². The number of amides is 1. The number of carbonyl (C=O) groups excluding carboxylic acids is 1. The molecule has 2 heterocycles. The normalized spacial score (nSPS) is 10.3. The molecule has 2 aromatic rings. The third-order valence-corrected chi connectivity index (χ3v) is 2.95. The van der Waals surface area contributed by atoms with Gasteiger partial charge in [-0.15, -0.1) is 0 Å². The summed E-state index contributed by atoms with van der Waals surface area (Å²) in [6.45, 7) is 5.72. The SMILES string of the molecule is Cc1cc(C)c(NC(=O)c2cc(Cl)ccn2)c(C)n1. The van der Waals surface area contributed by atoms with Gasteiger partial charge in [0.15, 0.2) is 0 Å². The Morgan fingerprint density at radius 2 is 2.00 bits per heavy atom. The highest BCUT2D eigenvalue weighted by atomic mass is 35.5. The number of halogens is 1. The molecule has 0 aliphatic rings. The maximum atomic E-state index is 12.1. The Morgan fingerprint density at radius 1 is 1.26 bits per heavy atom. The highest BCUT2D eigenvalue weighted by molar-refractivity contribution is 6.30. The second-order valence-corrected chi connectivity index (χ2v) is 4.79. The predicted molar refractivity (Wildman–Crippen MR) is 75.6 cm³/mol. The zero-order valence-electron chi connectivity index (χ0n) is 11.0. The molecule has 0 aliphatic carbocycles. The number of hydrogen-bond acceptors (Lipinski definition) is 3. The van der Waals surface area contributed by atoms with Gasteiger partial charge in [0.2, 0.25) is 0 Å². The summed E-state index contributed by atoms with van der Waals surface area (Å²) in [7, 11) is 0. The second kappa shape index (κ2) is 5.36. The smallest absolute Gasteiger partial charge is 0.274 e. The van der Waals surface area contributed by atoms with Crippen LogP contribution in [0.3, 0.4) is 0 Å². The number of nitrogens with zero attached hydrogens (tertiary/aromatic N) is 2. The van der Waals surface area contributed by atoms with E-state index in [1.54, 1.807) is 6.07 Å². The average Bonchev–Trinajstić information content (AvgIpc) is 2.33. The standard InChI is InChI=1S/C14H14ClN3O/c1-8-6-9(2)17-10(3)13(8)18-14(19)12-7-11(15)4-5-16-12/h4-7H,1-3H3,(H,18,19). The summed E-state index contributed by atoms with van der Waals surface area (Å²) in [5.74, 6) is -0.292. The lowest BCUT2D eigenvalue weighted by molar-refractivity contribution is 0.102. The Morgan fingerprint density at radius 3 is 2.63 bits per heavy atom. The molecule has 0 aromatic carbocycles. The zero-order valence-corrected chi connectivity index (χ0v) is 11.7. The van der Waals surface area contributed by atoms with Crippen LogP contribution in [0, 0.1) is 20.8 Å². The molecular weight excluding hydrogens is 262 g/mol. The van der Waals surface area contributed by atoms with Crippen molar-refractivity contribution in [3.63, 3.8) is 0 Å². The molecule has 19 heavy (non-hydrogen) atoms. The summed E-state index contributed by atoms with van der Waals surface area (Å²) in [6, 6.07) is 5.08. The van der Waals surface area contributed by atoms with Crippen molar-refractivity contribution >= 4 is 23.2 Å². The van der Waals surface area contributed by atoms with E-state index in [1.807, 2.05) is 26.8 Å². The number of aromatic nitrogens is 2. The Kier molecular flexibility index (Phi) is 3.81. The molecule has 0 aliphatic heterocycles. The van der Waals surface area contributed by atoms with Gasteiger partial charge in [-0.2, -0.15) is 0 Å². The maximum Gasteiger partial charge on any atom is 0.274 e. The molecular formula is C14H14ClN3O. The summed E-state index contributed by atoms with van der Waals surface area (Å²) in [6.07, 6.45) is 1.50. The topological polar surface area (TPSA) is 54.9 Å². The van der Waals surface area contributed by atoms with E-state index >= 15 is 0 Å². The van der Waals surface area contributed by atoms with Gasteiger partial charge in [-0.3, -0.25) is 14.8 Å². The first-order valence-corrected chi connectivity index (χ1v) is 6.23. The van der Waals surface area contributed by atoms with E-state index in [-0.39, 0.29) is 11.6 Å². The lowest BCUT2D eigenvalue weighted by atomic mass is 10.1. The fraction of sp³-hybridized carbons (Fsp3) is 0.214. The number of aryl methyl sites for hydroxylation is 3. The average molecular weight is 276 g/mol. The molecule has 1 amide bonds. The number of anilines is 1. The number of carbonyl (C=O) groups is 1. The highest BCUT2D eigenvalue weighted by Gasteiger charge is 2.12. The summed E-state index contributed by atoms with van der Waals surface area (Å²) in [5.41, 5.74) is 3.69. The van der Waals surface area contributed by atoms with Gasteiger partial charge >= 0.3 is 0 Å². The van der Waals surface area contributed by atoms with E-state index in [1.165, 1.54) is 12.3 Å². The van der Waals surface area contributed by atoms with Crippen LogP contribution < -0.4 is 5.32 Å². The molecule has 0 spiro atoms. The molecule has 2 rings (SSSR count). The largest absolute Gasteiger partial charge is 0.319 e. The van der Waals surface area contributed by atoms with Crippen LogP contribution in [0.25, 0.3) is 0 Å². The molecule has 1 N–H and O–H groups in total. The van der Waals surface area contributed by atoms with Crippen molar-refractivity contribution in [3.8, 4) is 0 Å². The molecule has 0 bridgehead atoms. The molecule has 0 unspecified atom stereocenters. The molecule has 5 heteroatoms. The third-order valence-electron chi connectivity index (χ3n) is 2.72. The van der Waals surface area contributed by atoms with Gasteiger partial charge in [0.05, 0.1) is 11.4 Å². The second-order valence-electron chi connectivity index (χ2n) is 4.35. The minimum atomic E-state index is -0.292. The van der Waals surface area contributed by atoms with E-state index in [0.29, 0.717) is 5.02 Å². The first kappa shape index (κ1) is 13.5. The first-order chi connectivity index (χ1) is 8.97. The maximum absolute atomic E-state index is 12.1. The Labute approximate surface area is 116 Å². The molecule has 0 atom stereocenters. The predicted octanol–water partition coefficient (Wildman–Crippen LogP) is 3.31. The monoisotopic (exact) mass is 275 g/mol. The van der Waals surface area contributed by atoms with Crippen LogP contribution >= 0.6 is 11.6 Å². The summed E-state index contributed by atoms with van der Waals surface area (Å²) < 4.78 is 0. The Bertz CT molecular complexity index is 617. The van der Waals surface area contributed by atoms with Crippen molar-refractivity contribution in [1.29, 1.82) is 0 Å². The van der Waals surface area contributed by atoms with Gasteiger partial charge in [-0.25, -0.2) is 0 Å². The van der Waals surface area contributed by atoms with E-state index in [9.17, 15) is 4.79 Å². The molecule has 0 saturated heterocycles. The first-order valence-electron chi connectivity index (χ1n) is 5.85. The summed E-state index contributed by atoms with van der Waals surface area (Å²) in [5, 5.41) is 3.31. The van der Waals surface area contributed by atoms with Crippen molar-refractivity contribution in [3.05, 3.63) is 52.1 Å². The van der Waals surface area contributed by atoms with E-state index < -0.39 is 0 Å². The van der Waals surface area contributed by atoms with Crippen LogP contribution in [0.1, 0.15) is 27.4 Å². The quantitative estimate of drug-likeness (QED) is 0.915. The molecule has 4 nitrogen and oxygen atoms in total. The van der Waals surface area contributed by atoms with E-state index in [0.717, 1.165) is 22.6 Å². The van der Waals surface area contributed by atoms with Crippen molar-refractivity contribution < 1.29 is 4.79 Å². The van der Waals surface area contributed by atoms with Crippen molar-refractivity contribution in [2.75, 3.05) is 5.32 Å². The molecule has 0 radical (unpaired) electrons. The fourth-order valence-corrected chi connectivity index (χ4v) is 2.08. The van der Waals surface area contributed by atoms with Crippen molar-refractivity contribution in [1.82, 2.24) is 9.97 Å². The van der Waals surface area contributed by atoms with Crippen molar-refractivity contribution in [2.45, 2.75) is 20.8 Å². The Balaban J connectivity index is 2.29. The van der Waals surface area contributed by atoms with Crippen LogP contribution in [-0.4, -0.2) is 15.9 Å². The fourth-order valence-electron chi connectivity index (χ4n) is 1.92. The van der Waals surface area contributed by atoms with Gasteiger partial charge in [-0.1, -0.05) is 11.6 Å². The molecule has 2 aromatic heterocycles. The van der Waals surface area contributed by atoms with Crippen LogP contribution in [-0.2, 0) is 0 Å². The Hall–Kier alpha value is -1.94. The summed E-state index contributed by atoms with van der Waals surface area (Å²) in [4.78, 5) is 20.4.